The molecule has 1 atom stereocenters. The van der Waals surface area contributed by atoms with Gasteiger partial charge in [0.15, 0.2) is 0 Å². The maximum atomic E-state index is 13.5. The summed E-state index contributed by atoms with van der Waals surface area (Å²) in [4.78, 5) is 0. The molecular weight excluding hydrogens is 241 g/mol. The van der Waals surface area contributed by atoms with Crippen LogP contribution in [-0.4, -0.2) is 7.11 Å². The smallest absolute Gasteiger partial charge is 0.124 e. The molecule has 0 aliphatic heterocycles. The molecule has 0 fully saturated rings. The van der Waals surface area contributed by atoms with Crippen molar-refractivity contribution in [3.8, 4) is 5.75 Å². The molecular formula is C16H18FNO. The van der Waals surface area contributed by atoms with Crippen LogP contribution >= 0.6 is 0 Å². The predicted molar refractivity (Wildman–Crippen MR) is 74.8 cm³/mol. The molecule has 0 heterocycles. The predicted octanol–water partition coefficient (Wildman–Crippen LogP) is 3.36. The number of hydrogen-bond acceptors (Lipinski definition) is 2. The first-order valence-corrected chi connectivity index (χ1v) is 6.16. The van der Waals surface area contributed by atoms with Crippen molar-refractivity contribution in [2.75, 3.05) is 7.11 Å². The molecule has 2 rings (SSSR count). The third kappa shape index (κ3) is 2.47. The molecule has 0 saturated heterocycles. The molecule has 0 aromatic heterocycles. The van der Waals surface area contributed by atoms with Gasteiger partial charge in [-0.2, -0.15) is 0 Å². The van der Waals surface area contributed by atoms with Crippen molar-refractivity contribution in [2.45, 2.75) is 19.4 Å². The molecule has 2 N–H and O–H groups in total. The Bertz CT molecular complexity index is 593. The minimum Gasteiger partial charge on any atom is -0.496 e. The van der Waals surface area contributed by atoms with E-state index in [1.807, 2.05) is 38.1 Å². The van der Waals surface area contributed by atoms with E-state index in [0.717, 1.165) is 16.7 Å². The number of methoxy groups -OCH3 is 1. The highest BCUT2D eigenvalue weighted by Crippen LogP contribution is 2.34. The van der Waals surface area contributed by atoms with Crippen molar-refractivity contribution >= 4 is 0 Å². The van der Waals surface area contributed by atoms with Crippen LogP contribution in [0, 0.1) is 12.7 Å². The zero-order valence-electron chi connectivity index (χ0n) is 11.4. The van der Waals surface area contributed by atoms with E-state index in [2.05, 4.69) is 0 Å². The van der Waals surface area contributed by atoms with Crippen LogP contribution < -0.4 is 10.5 Å². The van der Waals surface area contributed by atoms with Crippen molar-refractivity contribution in [1.29, 1.82) is 0 Å². The average molecular weight is 259 g/mol. The Labute approximate surface area is 113 Å². The van der Waals surface area contributed by atoms with E-state index in [9.17, 15) is 4.39 Å². The number of benzene rings is 2. The lowest BCUT2D eigenvalue weighted by atomic mass is 9.82. The SMILES string of the molecule is COc1ccccc1C(C)(N)c1cc(F)ccc1C. The van der Waals surface area contributed by atoms with E-state index >= 15 is 0 Å². The van der Waals surface area contributed by atoms with Gasteiger partial charge in [-0.3, -0.25) is 0 Å². The first-order chi connectivity index (χ1) is 8.96. The van der Waals surface area contributed by atoms with Gasteiger partial charge in [-0.25, -0.2) is 4.39 Å². The molecule has 0 amide bonds. The van der Waals surface area contributed by atoms with Crippen LogP contribution in [0.15, 0.2) is 42.5 Å². The summed E-state index contributed by atoms with van der Waals surface area (Å²) in [6.45, 7) is 3.79. The number of halogens is 1. The van der Waals surface area contributed by atoms with Gasteiger partial charge in [0, 0.05) is 5.56 Å². The number of ether oxygens (including phenoxy) is 1. The van der Waals surface area contributed by atoms with Crippen LogP contribution in [0.5, 0.6) is 5.75 Å². The lowest BCUT2D eigenvalue weighted by Gasteiger charge is -2.29. The molecule has 2 aromatic rings. The van der Waals surface area contributed by atoms with Crippen LogP contribution in [0.4, 0.5) is 4.39 Å². The number of hydrogen-bond donors (Lipinski definition) is 1. The fourth-order valence-electron chi connectivity index (χ4n) is 2.37. The molecule has 0 bridgehead atoms. The maximum Gasteiger partial charge on any atom is 0.124 e. The molecule has 2 aromatic carbocycles. The summed E-state index contributed by atoms with van der Waals surface area (Å²) in [6, 6.07) is 12.2. The van der Waals surface area contributed by atoms with Crippen LogP contribution in [0.25, 0.3) is 0 Å². The minimum atomic E-state index is -0.807. The molecule has 100 valence electrons. The fourth-order valence-corrected chi connectivity index (χ4v) is 2.37. The van der Waals surface area contributed by atoms with Gasteiger partial charge in [0.2, 0.25) is 0 Å². The highest BCUT2D eigenvalue weighted by molar-refractivity contribution is 5.47. The number of rotatable bonds is 3. The van der Waals surface area contributed by atoms with Crippen LogP contribution in [-0.2, 0) is 5.54 Å². The number of para-hydroxylation sites is 1. The summed E-state index contributed by atoms with van der Waals surface area (Å²) in [7, 11) is 1.60. The third-order valence-electron chi connectivity index (χ3n) is 3.43. The molecule has 0 saturated carbocycles. The van der Waals surface area contributed by atoms with E-state index in [0.29, 0.717) is 5.75 Å². The van der Waals surface area contributed by atoms with Gasteiger partial charge in [-0.15, -0.1) is 0 Å². The summed E-state index contributed by atoms with van der Waals surface area (Å²) >= 11 is 0. The van der Waals surface area contributed by atoms with Gasteiger partial charge in [0.05, 0.1) is 12.6 Å². The summed E-state index contributed by atoms with van der Waals surface area (Å²) in [5.41, 5.74) is 8.21. The van der Waals surface area contributed by atoms with E-state index < -0.39 is 5.54 Å². The second-order valence-corrected chi connectivity index (χ2v) is 4.86. The van der Waals surface area contributed by atoms with Crippen molar-refractivity contribution in [3.05, 3.63) is 65.0 Å². The summed E-state index contributed by atoms with van der Waals surface area (Å²) in [5.74, 6) is 0.420. The number of nitrogens with two attached hydrogens (primary N) is 1. The minimum absolute atomic E-state index is 0.285. The second kappa shape index (κ2) is 5.02. The molecule has 2 nitrogen and oxygen atoms in total. The van der Waals surface area contributed by atoms with E-state index in [1.165, 1.54) is 12.1 Å². The Morgan fingerprint density at radius 3 is 2.47 bits per heavy atom. The van der Waals surface area contributed by atoms with Crippen molar-refractivity contribution in [3.63, 3.8) is 0 Å². The van der Waals surface area contributed by atoms with Gasteiger partial charge in [-0.1, -0.05) is 24.3 Å². The van der Waals surface area contributed by atoms with Crippen molar-refractivity contribution in [1.82, 2.24) is 0 Å². The maximum absolute atomic E-state index is 13.5. The molecule has 1 unspecified atom stereocenters. The van der Waals surface area contributed by atoms with Gasteiger partial charge in [0.25, 0.3) is 0 Å². The largest absolute Gasteiger partial charge is 0.496 e. The quantitative estimate of drug-likeness (QED) is 0.917. The summed E-state index contributed by atoms with van der Waals surface area (Å²) in [5, 5.41) is 0. The Hall–Kier alpha value is -1.87. The lowest BCUT2D eigenvalue weighted by molar-refractivity contribution is 0.398. The Morgan fingerprint density at radius 2 is 1.79 bits per heavy atom. The summed E-state index contributed by atoms with van der Waals surface area (Å²) in [6.07, 6.45) is 0. The highest BCUT2D eigenvalue weighted by atomic mass is 19.1. The number of aryl methyl sites for hydroxylation is 1. The van der Waals surface area contributed by atoms with Gasteiger partial charge in [-0.05, 0) is 43.2 Å². The van der Waals surface area contributed by atoms with Crippen molar-refractivity contribution in [2.24, 2.45) is 5.73 Å². The van der Waals surface area contributed by atoms with Gasteiger partial charge < -0.3 is 10.5 Å². The fraction of sp³-hybridized carbons (Fsp3) is 0.250. The summed E-state index contributed by atoms with van der Waals surface area (Å²) < 4.78 is 18.8. The highest BCUT2D eigenvalue weighted by Gasteiger charge is 2.28. The Morgan fingerprint density at radius 1 is 1.11 bits per heavy atom. The van der Waals surface area contributed by atoms with Crippen LogP contribution in [0.2, 0.25) is 0 Å². The first kappa shape index (κ1) is 13.6. The zero-order chi connectivity index (χ0) is 14.0. The van der Waals surface area contributed by atoms with Crippen molar-refractivity contribution < 1.29 is 9.13 Å². The third-order valence-corrected chi connectivity index (χ3v) is 3.43. The zero-order valence-corrected chi connectivity index (χ0v) is 11.4. The van der Waals surface area contributed by atoms with E-state index in [-0.39, 0.29) is 5.82 Å². The van der Waals surface area contributed by atoms with E-state index in [4.69, 9.17) is 10.5 Å². The standard InChI is InChI=1S/C16H18FNO/c1-11-8-9-12(17)10-14(11)16(2,18)13-6-4-5-7-15(13)19-3/h4-10H,18H2,1-3H3. The Kier molecular flexibility index (Phi) is 3.58. The van der Waals surface area contributed by atoms with E-state index in [1.54, 1.807) is 13.2 Å². The molecule has 0 spiro atoms. The second-order valence-electron chi connectivity index (χ2n) is 4.86. The van der Waals surface area contributed by atoms with Gasteiger partial charge in [0.1, 0.15) is 11.6 Å². The normalized spacial score (nSPS) is 13.9. The topological polar surface area (TPSA) is 35.2 Å². The average Bonchev–Trinajstić information content (AvgIpc) is 2.41. The van der Waals surface area contributed by atoms with Gasteiger partial charge >= 0.3 is 0 Å². The lowest BCUT2D eigenvalue weighted by Crippen LogP contribution is -2.35. The Balaban J connectivity index is 2.61. The van der Waals surface area contributed by atoms with Crippen LogP contribution in [0.3, 0.4) is 0 Å². The molecule has 0 aliphatic carbocycles. The van der Waals surface area contributed by atoms with Crippen LogP contribution in [0.1, 0.15) is 23.6 Å². The molecule has 19 heavy (non-hydrogen) atoms. The molecule has 3 heteroatoms. The first-order valence-electron chi connectivity index (χ1n) is 6.16. The monoisotopic (exact) mass is 259 g/mol. The molecule has 0 radical (unpaired) electrons. The molecule has 0 aliphatic rings.